The Bertz CT molecular complexity index is 2110. The number of nitrogens with zero attached hydrogens (tertiary/aromatic N) is 3. The average molecular weight is 731 g/mol. The molecule has 1 N–H and O–H groups in total. The van der Waals surface area contributed by atoms with Crippen molar-refractivity contribution in [2.45, 2.75) is 90.9 Å². The molecule has 0 radical (unpaired) electrons. The Hall–Kier alpha value is -5.09. The number of carbonyl (C=O) groups is 3. The van der Waals surface area contributed by atoms with Crippen molar-refractivity contribution in [3.8, 4) is 16.9 Å². The summed E-state index contributed by atoms with van der Waals surface area (Å²) in [5, 5.41) is 3.58. The monoisotopic (exact) mass is 730 g/mol. The lowest BCUT2D eigenvalue weighted by molar-refractivity contribution is -0.108. The van der Waals surface area contributed by atoms with Crippen molar-refractivity contribution in [1.82, 2.24) is 9.97 Å². The van der Waals surface area contributed by atoms with Crippen LogP contribution in [0.25, 0.3) is 21.3 Å². The summed E-state index contributed by atoms with van der Waals surface area (Å²) in [6.07, 6.45) is 7.61. The summed E-state index contributed by atoms with van der Waals surface area (Å²) in [6, 6.07) is 23.6. The summed E-state index contributed by atoms with van der Waals surface area (Å²) in [6.45, 7) is 8.72. The quantitative estimate of drug-likeness (QED) is 0.112. The average Bonchev–Trinajstić information content (AvgIpc) is 3.55. The number of esters is 1. The summed E-state index contributed by atoms with van der Waals surface area (Å²) >= 11 is 1.45. The van der Waals surface area contributed by atoms with Crippen molar-refractivity contribution in [2.24, 2.45) is 5.92 Å². The normalized spacial score (nSPS) is 17.2. The van der Waals surface area contributed by atoms with Crippen LogP contribution in [0, 0.1) is 12.8 Å². The van der Waals surface area contributed by atoms with Crippen LogP contribution in [0.5, 0.6) is 5.75 Å². The van der Waals surface area contributed by atoms with Crippen molar-refractivity contribution in [1.29, 1.82) is 0 Å². The molecule has 2 aromatic heterocycles. The van der Waals surface area contributed by atoms with Crippen molar-refractivity contribution >= 4 is 50.7 Å². The number of carbonyl (C=O) groups excluding carboxylic acids is 3. The van der Waals surface area contributed by atoms with Crippen molar-refractivity contribution in [3.05, 3.63) is 101 Å². The van der Waals surface area contributed by atoms with Crippen LogP contribution in [0.3, 0.4) is 0 Å². The van der Waals surface area contributed by atoms with Crippen LogP contribution in [-0.2, 0) is 22.5 Å². The van der Waals surface area contributed by atoms with Gasteiger partial charge in [-0.05, 0) is 137 Å². The van der Waals surface area contributed by atoms with Crippen LogP contribution < -0.4 is 15.0 Å². The Labute approximate surface area is 314 Å². The van der Waals surface area contributed by atoms with Crippen LogP contribution >= 0.6 is 11.3 Å². The van der Waals surface area contributed by atoms with Gasteiger partial charge in [0.2, 0.25) is 0 Å². The minimum Gasteiger partial charge on any atom is -0.490 e. The molecule has 0 saturated heterocycles. The molecule has 3 aromatic carbocycles. The van der Waals surface area contributed by atoms with E-state index in [1.165, 1.54) is 11.3 Å². The third kappa shape index (κ3) is 8.43. The Balaban J connectivity index is 1.12. The van der Waals surface area contributed by atoms with E-state index < -0.39 is 11.6 Å². The summed E-state index contributed by atoms with van der Waals surface area (Å²) < 4.78 is 13.3. The number of aromatic nitrogens is 2. The number of anilines is 2. The lowest BCUT2D eigenvalue weighted by Gasteiger charge is -2.31. The van der Waals surface area contributed by atoms with Crippen molar-refractivity contribution in [2.75, 3.05) is 16.8 Å². The van der Waals surface area contributed by atoms with Gasteiger partial charge in [-0.1, -0.05) is 41.7 Å². The molecule has 9 nitrogen and oxygen atoms in total. The van der Waals surface area contributed by atoms with Gasteiger partial charge in [-0.3, -0.25) is 10.1 Å². The van der Waals surface area contributed by atoms with E-state index in [1.54, 1.807) is 0 Å². The number of hydrogen-bond donors (Lipinski definition) is 1. The molecule has 1 aliphatic heterocycles. The fourth-order valence-electron chi connectivity index (χ4n) is 7.45. The SMILES string of the molecule is Cc1cc(O[C@H]2CC[C@H](CCC=O)CC2)ccc1-c1ccc(N2CCc3cccc(C(=O)Nc4nc5ccccc5s4)c3C2)nc1C(=O)OC(C)(C)C. The number of thiazole rings is 1. The highest BCUT2D eigenvalue weighted by Crippen LogP contribution is 2.36. The number of amides is 1. The standard InChI is InChI=1S/C43H46N4O5S/c1-27-25-31(51-30-16-14-28(15-17-30)9-8-24-48)18-19-32(27)33-20-21-38(45-39(33)41(50)52-43(2,3)4)47-23-22-29-10-7-11-34(35(29)26-47)40(49)46-42-44-36-12-5-6-13-37(36)53-42/h5-7,10-13,18-21,24-25,28,30H,8-9,14-17,22-23,26H2,1-4H3,(H,44,46,49)/t28-,30-. The molecule has 0 bridgehead atoms. The van der Waals surface area contributed by atoms with Gasteiger partial charge in [0.05, 0.1) is 16.3 Å². The molecule has 0 atom stereocenters. The van der Waals surface area contributed by atoms with Gasteiger partial charge < -0.3 is 19.2 Å². The van der Waals surface area contributed by atoms with E-state index in [0.29, 0.717) is 47.5 Å². The number of rotatable bonds is 10. The maximum atomic E-state index is 13.8. The van der Waals surface area contributed by atoms with Gasteiger partial charge in [-0.2, -0.15) is 0 Å². The highest BCUT2D eigenvalue weighted by Gasteiger charge is 2.28. The second kappa shape index (κ2) is 15.5. The predicted octanol–water partition coefficient (Wildman–Crippen LogP) is 9.35. The first-order chi connectivity index (χ1) is 25.5. The molecule has 3 heterocycles. The number of aryl methyl sites for hydroxylation is 1. The topological polar surface area (TPSA) is 111 Å². The molecule has 7 rings (SSSR count). The van der Waals surface area contributed by atoms with Crippen LogP contribution in [-0.4, -0.2) is 46.4 Å². The van der Waals surface area contributed by atoms with Gasteiger partial charge in [-0.25, -0.2) is 14.8 Å². The van der Waals surface area contributed by atoms with E-state index >= 15 is 0 Å². The van der Waals surface area contributed by atoms with Crippen LogP contribution in [0.1, 0.15) is 96.8 Å². The molecule has 5 aromatic rings. The second-order valence-electron chi connectivity index (χ2n) is 15.1. The molecule has 10 heteroatoms. The largest absolute Gasteiger partial charge is 0.490 e. The Morgan fingerprint density at radius 1 is 0.962 bits per heavy atom. The highest BCUT2D eigenvalue weighted by molar-refractivity contribution is 7.22. The molecule has 2 aliphatic rings. The van der Waals surface area contributed by atoms with Gasteiger partial charge in [-0.15, -0.1) is 0 Å². The number of para-hydroxylation sites is 1. The van der Waals surface area contributed by atoms with Crippen molar-refractivity contribution < 1.29 is 23.9 Å². The number of ether oxygens (including phenoxy) is 2. The van der Waals surface area contributed by atoms with Crippen LogP contribution in [0.4, 0.5) is 10.9 Å². The van der Waals surface area contributed by atoms with E-state index in [4.69, 9.17) is 14.5 Å². The molecule has 53 heavy (non-hydrogen) atoms. The second-order valence-corrected chi connectivity index (χ2v) is 16.1. The van der Waals surface area contributed by atoms with Gasteiger partial charge >= 0.3 is 5.97 Å². The molecule has 1 amide bonds. The van der Waals surface area contributed by atoms with Gasteiger partial charge in [0.25, 0.3) is 5.91 Å². The van der Waals surface area contributed by atoms with E-state index in [9.17, 15) is 14.4 Å². The first-order valence-corrected chi connectivity index (χ1v) is 19.3. The van der Waals surface area contributed by atoms with E-state index in [0.717, 1.165) is 83.0 Å². The lowest BCUT2D eigenvalue weighted by Crippen LogP contribution is -2.33. The Morgan fingerprint density at radius 3 is 2.51 bits per heavy atom. The van der Waals surface area contributed by atoms with Crippen molar-refractivity contribution in [3.63, 3.8) is 0 Å². The summed E-state index contributed by atoms with van der Waals surface area (Å²) in [5.41, 5.74) is 5.58. The first-order valence-electron chi connectivity index (χ1n) is 18.5. The van der Waals surface area contributed by atoms with Gasteiger partial charge in [0.1, 0.15) is 23.5 Å². The third-order valence-electron chi connectivity index (χ3n) is 10.1. The molecule has 274 valence electrons. The molecular formula is C43H46N4O5S. The van der Waals surface area contributed by atoms with Crippen LogP contribution in [0.2, 0.25) is 0 Å². The minimum atomic E-state index is -0.708. The zero-order valence-electron chi connectivity index (χ0n) is 30.8. The number of pyridine rings is 1. The fourth-order valence-corrected chi connectivity index (χ4v) is 8.31. The zero-order chi connectivity index (χ0) is 37.1. The van der Waals surface area contributed by atoms with E-state index in [-0.39, 0.29) is 17.7 Å². The van der Waals surface area contributed by atoms with Crippen LogP contribution in [0.15, 0.2) is 72.8 Å². The first kappa shape index (κ1) is 36.3. The molecule has 1 saturated carbocycles. The van der Waals surface area contributed by atoms with E-state index in [1.807, 2.05) is 94.4 Å². The smallest absolute Gasteiger partial charge is 0.358 e. The maximum Gasteiger partial charge on any atom is 0.358 e. The Morgan fingerprint density at radius 2 is 1.75 bits per heavy atom. The highest BCUT2D eigenvalue weighted by atomic mass is 32.1. The number of benzene rings is 3. The third-order valence-corrected chi connectivity index (χ3v) is 11.1. The summed E-state index contributed by atoms with van der Waals surface area (Å²) in [5.74, 6) is 1.35. The number of hydrogen-bond acceptors (Lipinski definition) is 9. The number of fused-ring (bicyclic) bond motifs is 2. The van der Waals surface area contributed by atoms with Gasteiger partial charge in [0.15, 0.2) is 10.8 Å². The molecule has 1 aliphatic carbocycles. The lowest BCUT2D eigenvalue weighted by atomic mass is 9.84. The minimum absolute atomic E-state index is 0.153. The number of aldehydes is 1. The van der Waals surface area contributed by atoms with Gasteiger partial charge in [0, 0.05) is 30.6 Å². The molecular weight excluding hydrogens is 685 g/mol. The maximum absolute atomic E-state index is 13.8. The number of nitrogens with one attached hydrogen (secondary N) is 1. The molecule has 0 spiro atoms. The summed E-state index contributed by atoms with van der Waals surface area (Å²) in [7, 11) is 0. The Kier molecular flexibility index (Phi) is 10.6. The summed E-state index contributed by atoms with van der Waals surface area (Å²) in [4.78, 5) is 49.9. The molecule has 1 fully saturated rings. The van der Waals surface area contributed by atoms with E-state index in [2.05, 4.69) is 21.3 Å². The predicted molar refractivity (Wildman–Crippen MR) is 210 cm³/mol. The molecule has 0 unspecified atom stereocenters. The zero-order valence-corrected chi connectivity index (χ0v) is 31.6. The fraction of sp³-hybridized carbons (Fsp3) is 0.372.